The van der Waals surface area contributed by atoms with E-state index in [1.165, 1.54) is 0 Å². The van der Waals surface area contributed by atoms with E-state index in [2.05, 4.69) is 5.32 Å². The molecular weight excluding hydrogens is 336 g/mol. The van der Waals surface area contributed by atoms with Crippen LogP contribution in [-0.2, 0) is 9.53 Å². The van der Waals surface area contributed by atoms with Crippen molar-refractivity contribution in [2.24, 2.45) is 0 Å². The fourth-order valence-electron chi connectivity index (χ4n) is 2.46. The van der Waals surface area contributed by atoms with E-state index in [9.17, 15) is 4.79 Å². The Bertz CT molecular complexity index is 805. The van der Waals surface area contributed by atoms with Gasteiger partial charge in [0, 0.05) is 13.7 Å². The largest absolute Gasteiger partial charge is 0.457 e. The van der Waals surface area contributed by atoms with Crippen LogP contribution in [0.15, 0.2) is 60.3 Å². The van der Waals surface area contributed by atoms with E-state index in [0.29, 0.717) is 29.7 Å². The number of carbonyl (C=O) groups excluding carboxylic acids is 1. The molecule has 2 aromatic rings. The van der Waals surface area contributed by atoms with Gasteiger partial charge in [-0.25, -0.2) is 0 Å². The summed E-state index contributed by atoms with van der Waals surface area (Å²) >= 11 is 5.21. The van der Waals surface area contributed by atoms with Crippen molar-refractivity contribution in [3.63, 3.8) is 0 Å². The van der Waals surface area contributed by atoms with Gasteiger partial charge in [0.05, 0.1) is 6.61 Å². The molecule has 0 atom stereocenters. The summed E-state index contributed by atoms with van der Waals surface area (Å²) < 4.78 is 10.9. The van der Waals surface area contributed by atoms with Crippen molar-refractivity contribution in [3.8, 4) is 11.5 Å². The van der Waals surface area contributed by atoms with Crippen LogP contribution in [0.25, 0.3) is 6.08 Å². The summed E-state index contributed by atoms with van der Waals surface area (Å²) in [6.45, 7) is 0.990. The molecule has 0 unspecified atom stereocenters. The van der Waals surface area contributed by atoms with Crippen LogP contribution in [-0.4, -0.2) is 36.2 Å². The van der Waals surface area contributed by atoms with Gasteiger partial charge in [-0.1, -0.05) is 30.3 Å². The van der Waals surface area contributed by atoms with Gasteiger partial charge in [-0.15, -0.1) is 0 Å². The molecule has 1 N–H and O–H groups in total. The Morgan fingerprint density at radius 2 is 1.88 bits per heavy atom. The Morgan fingerprint density at radius 1 is 1.12 bits per heavy atom. The molecule has 0 saturated carbocycles. The molecule has 0 aliphatic carbocycles. The van der Waals surface area contributed by atoms with Gasteiger partial charge in [0.1, 0.15) is 17.2 Å². The molecule has 1 amide bonds. The van der Waals surface area contributed by atoms with Gasteiger partial charge >= 0.3 is 0 Å². The lowest BCUT2D eigenvalue weighted by Crippen LogP contribution is -2.30. The first-order valence-corrected chi connectivity index (χ1v) is 8.24. The Morgan fingerprint density at radius 3 is 2.64 bits per heavy atom. The van der Waals surface area contributed by atoms with Crippen LogP contribution in [0, 0.1) is 0 Å². The minimum atomic E-state index is -0.213. The van der Waals surface area contributed by atoms with E-state index in [-0.39, 0.29) is 5.91 Å². The van der Waals surface area contributed by atoms with Gasteiger partial charge < -0.3 is 14.4 Å². The molecule has 0 radical (unpaired) electrons. The number of amides is 1. The monoisotopic (exact) mass is 354 g/mol. The summed E-state index contributed by atoms with van der Waals surface area (Å²) in [5, 5.41) is 3.06. The first kappa shape index (κ1) is 17.1. The number of benzene rings is 2. The second-order valence-electron chi connectivity index (χ2n) is 5.42. The Hall–Kier alpha value is -2.70. The van der Waals surface area contributed by atoms with Gasteiger partial charge in [-0.3, -0.25) is 10.1 Å². The van der Waals surface area contributed by atoms with Crippen molar-refractivity contribution in [1.29, 1.82) is 0 Å². The summed E-state index contributed by atoms with van der Waals surface area (Å²) in [6.07, 6.45) is 1.79. The summed E-state index contributed by atoms with van der Waals surface area (Å²) in [5.74, 6) is 1.24. The molecule has 0 spiro atoms. The Kier molecular flexibility index (Phi) is 5.42. The minimum absolute atomic E-state index is 0.213. The first-order chi connectivity index (χ1) is 12.2. The van der Waals surface area contributed by atoms with Gasteiger partial charge in [-0.05, 0) is 48.1 Å². The smallest absolute Gasteiger partial charge is 0.274 e. The third kappa shape index (κ3) is 4.23. The van der Waals surface area contributed by atoms with Gasteiger partial charge in [-0.2, -0.15) is 0 Å². The highest BCUT2D eigenvalue weighted by atomic mass is 32.1. The van der Waals surface area contributed by atoms with Crippen LogP contribution in [0.4, 0.5) is 0 Å². The fraction of sp³-hybridized carbons (Fsp3) is 0.158. The molecule has 128 valence electrons. The summed E-state index contributed by atoms with van der Waals surface area (Å²) in [7, 11) is 1.61. The van der Waals surface area contributed by atoms with E-state index < -0.39 is 0 Å². The zero-order valence-electron chi connectivity index (χ0n) is 13.8. The average Bonchev–Trinajstić information content (AvgIpc) is 2.87. The number of hydrogen-bond acceptors (Lipinski definition) is 4. The number of nitrogens with zero attached hydrogens (tertiary/aromatic N) is 1. The van der Waals surface area contributed by atoms with Crippen molar-refractivity contribution < 1.29 is 14.3 Å². The summed E-state index contributed by atoms with van der Waals surface area (Å²) in [5.41, 5.74) is 1.35. The number of rotatable bonds is 6. The van der Waals surface area contributed by atoms with E-state index >= 15 is 0 Å². The van der Waals surface area contributed by atoms with Crippen molar-refractivity contribution in [1.82, 2.24) is 10.2 Å². The van der Waals surface area contributed by atoms with Gasteiger partial charge in [0.2, 0.25) is 0 Å². The van der Waals surface area contributed by atoms with Crippen LogP contribution in [0.5, 0.6) is 11.5 Å². The lowest BCUT2D eigenvalue weighted by Gasteiger charge is -2.16. The third-order valence-electron chi connectivity index (χ3n) is 3.65. The number of thiocarbonyl (C=S) groups is 1. The maximum atomic E-state index is 12.2. The number of ether oxygens (including phenoxy) is 2. The number of para-hydroxylation sites is 1. The van der Waals surface area contributed by atoms with E-state index in [4.69, 9.17) is 21.7 Å². The molecule has 1 saturated heterocycles. The van der Waals surface area contributed by atoms with Crippen LogP contribution in [0.2, 0.25) is 0 Å². The molecular formula is C19H18N2O3S. The summed E-state index contributed by atoms with van der Waals surface area (Å²) in [4.78, 5) is 13.9. The number of methoxy groups -OCH3 is 1. The first-order valence-electron chi connectivity index (χ1n) is 7.84. The fourth-order valence-corrected chi connectivity index (χ4v) is 2.74. The SMILES string of the molecule is COCCN1C(=S)NC(=O)/C1=C\c1cccc(Oc2ccccc2)c1. The van der Waals surface area contributed by atoms with Crippen molar-refractivity contribution in [2.75, 3.05) is 20.3 Å². The molecule has 0 aromatic heterocycles. The predicted octanol–water partition coefficient (Wildman–Crippen LogP) is 3.18. The lowest BCUT2D eigenvalue weighted by molar-refractivity contribution is -0.115. The molecule has 1 aliphatic rings. The number of hydrogen-bond donors (Lipinski definition) is 1. The average molecular weight is 354 g/mol. The Labute approximate surface area is 151 Å². The van der Waals surface area contributed by atoms with Crippen molar-refractivity contribution >= 4 is 29.3 Å². The van der Waals surface area contributed by atoms with E-state index in [1.54, 1.807) is 18.1 Å². The predicted molar refractivity (Wildman–Crippen MR) is 100 cm³/mol. The highest BCUT2D eigenvalue weighted by Gasteiger charge is 2.29. The highest BCUT2D eigenvalue weighted by molar-refractivity contribution is 7.80. The molecule has 0 bridgehead atoms. The van der Waals surface area contributed by atoms with Crippen LogP contribution < -0.4 is 10.1 Å². The Balaban J connectivity index is 1.83. The quantitative estimate of drug-likeness (QED) is 0.638. The molecule has 1 fully saturated rings. The lowest BCUT2D eigenvalue weighted by atomic mass is 10.1. The second kappa shape index (κ2) is 7.92. The summed E-state index contributed by atoms with van der Waals surface area (Å²) in [6, 6.07) is 17.1. The molecule has 5 nitrogen and oxygen atoms in total. The topological polar surface area (TPSA) is 50.8 Å². The maximum absolute atomic E-state index is 12.2. The standard InChI is InChI=1S/C19H18N2O3S/c1-23-11-10-21-17(18(22)20-19(21)25)13-14-6-5-9-16(12-14)24-15-7-3-2-4-8-15/h2-9,12-13H,10-11H2,1H3,(H,20,22,25)/b17-13+. The van der Waals surface area contributed by atoms with E-state index in [1.807, 2.05) is 54.6 Å². The number of carbonyl (C=O) groups is 1. The molecule has 6 heteroatoms. The molecule has 3 rings (SSSR count). The van der Waals surface area contributed by atoms with Crippen molar-refractivity contribution in [2.45, 2.75) is 0 Å². The van der Waals surface area contributed by atoms with E-state index in [0.717, 1.165) is 11.3 Å². The minimum Gasteiger partial charge on any atom is -0.457 e. The molecule has 1 aliphatic heterocycles. The third-order valence-corrected chi connectivity index (χ3v) is 3.97. The second-order valence-corrected chi connectivity index (χ2v) is 5.81. The zero-order chi connectivity index (χ0) is 17.6. The van der Waals surface area contributed by atoms with Crippen LogP contribution >= 0.6 is 12.2 Å². The highest BCUT2D eigenvalue weighted by Crippen LogP contribution is 2.24. The van der Waals surface area contributed by atoms with Crippen LogP contribution in [0.3, 0.4) is 0 Å². The number of nitrogens with one attached hydrogen (secondary N) is 1. The maximum Gasteiger partial charge on any atom is 0.274 e. The normalized spacial score (nSPS) is 15.6. The molecule has 1 heterocycles. The van der Waals surface area contributed by atoms with Gasteiger partial charge in [0.25, 0.3) is 5.91 Å². The zero-order valence-corrected chi connectivity index (χ0v) is 14.6. The van der Waals surface area contributed by atoms with Crippen LogP contribution in [0.1, 0.15) is 5.56 Å². The molecule has 25 heavy (non-hydrogen) atoms. The van der Waals surface area contributed by atoms with Gasteiger partial charge in [0.15, 0.2) is 5.11 Å². The van der Waals surface area contributed by atoms with Crippen molar-refractivity contribution in [3.05, 3.63) is 65.9 Å². The molecule has 2 aromatic carbocycles.